The molecule has 6 heteroatoms. The summed E-state index contributed by atoms with van der Waals surface area (Å²) in [7, 11) is 1.60. The highest BCUT2D eigenvalue weighted by molar-refractivity contribution is 6.01. The Kier molecular flexibility index (Phi) is 4.08. The Labute approximate surface area is 151 Å². The van der Waals surface area contributed by atoms with Gasteiger partial charge in [-0.1, -0.05) is 42.5 Å². The zero-order valence-electron chi connectivity index (χ0n) is 14.4. The van der Waals surface area contributed by atoms with Gasteiger partial charge < -0.3 is 20.3 Å². The molecule has 6 nitrogen and oxygen atoms in total. The van der Waals surface area contributed by atoms with Crippen LogP contribution >= 0.6 is 0 Å². The van der Waals surface area contributed by atoms with Crippen LogP contribution in [0.25, 0.3) is 0 Å². The fraction of sp³-hybridized carbons (Fsp3) is 0.200. The number of methoxy groups -OCH3 is 1. The third-order valence-corrected chi connectivity index (χ3v) is 4.69. The minimum absolute atomic E-state index is 0.0582. The van der Waals surface area contributed by atoms with Crippen LogP contribution in [-0.2, 0) is 11.3 Å². The highest BCUT2D eigenvalue weighted by atomic mass is 16.5. The van der Waals surface area contributed by atoms with Gasteiger partial charge >= 0.3 is 6.03 Å². The van der Waals surface area contributed by atoms with E-state index in [9.17, 15) is 9.59 Å². The fourth-order valence-electron chi connectivity index (χ4n) is 3.41. The maximum Gasteiger partial charge on any atom is 0.319 e. The quantitative estimate of drug-likeness (QED) is 0.890. The van der Waals surface area contributed by atoms with Crippen LogP contribution in [0.15, 0.2) is 65.9 Å². The summed E-state index contributed by atoms with van der Waals surface area (Å²) in [5.41, 5.74) is 3.19. The van der Waals surface area contributed by atoms with Crippen LogP contribution in [0, 0.1) is 0 Å². The lowest BCUT2D eigenvalue weighted by Gasteiger charge is -2.25. The SMILES string of the molecule is COc1ccc([C@H]2NC(=O)NC3=C2C(=O)N(Cc2ccccc2)C3)cc1. The summed E-state index contributed by atoms with van der Waals surface area (Å²) in [6, 6.07) is 16.5. The standard InChI is InChI=1S/C20H19N3O3/c1-26-15-9-7-14(8-10-15)18-17-16(21-20(25)22-18)12-23(19(17)24)11-13-5-3-2-4-6-13/h2-10,18H,11-12H2,1H3,(H2,21,22,25)/t18-/m1/s1. The third-order valence-electron chi connectivity index (χ3n) is 4.69. The van der Waals surface area contributed by atoms with Gasteiger partial charge in [0.25, 0.3) is 5.91 Å². The number of hydrogen-bond acceptors (Lipinski definition) is 3. The molecule has 1 atom stereocenters. The summed E-state index contributed by atoms with van der Waals surface area (Å²) >= 11 is 0. The van der Waals surface area contributed by atoms with Gasteiger partial charge in [0.05, 0.1) is 31.0 Å². The van der Waals surface area contributed by atoms with Crippen molar-refractivity contribution >= 4 is 11.9 Å². The molecule has 0 radical (unpaired) electrons. The van der Waals surface area contributed by atoms with E-state index in [-0.39, 0.29) is 11.9 Å². The van der Waals surface area contributed by atoms with E-state index in [1.807, 2.05) is 54.6 Å². The number of urea groups is 1. The van der Waals surface area contributed by atoms with E-state index in [1.165, 1.54) is 0 Å². The lowest BCUT2D eigenvalue weighted by atomic mass is 9.96. The molecule has 132 valence electrons. The number of nitrogens with one attached hydrogen (secondary N) is 2. The fourth-order valence-corrected chi connectivity index (χ4v) is 3.41. The van der Waals surface area contributed by atoms with Crippen molar-refractivity contribution in [2.24, 2.45) is 0 Å². The molecule has 2 heterocycles. The van der Waals surface area contributed by atoms with E-state index in [1.54, 1.807) is 12.0 Å². The number of carbonyl (C=O) groups excluding carboxylic acids is 2. The van der Waals surface area contributed by atoms with Crippen molar-refractivity contribution in [2.75, 3.05) is 13.7 Å². The molecule has 2 aromatic rings. The van der Waals surface area contributed by atoms with Crippen LogP contribution in [0.2, 0.25) is 0 Å². The largest absolute Gasteiger partial charge is 0.497 e. The molecule has 2 aliphatic heterocycles. The molecule has 26 heavy (non-hydrogen) atoms. The van der Waals surface area contributed by atoms with Crippen LogP contribution in [0.5, 0.6) is 5.75 Å². The Morgan fingerprint density at radius 1 is 1.08 bits per heavy atom. The first-order chi connectivity index (χ1) is 12.7. The molecular formula is C20H19N3O3. The normalized spacial score (nSPS) is 19.1. The maximum absolute atomic E-state index is 13.0. The molecule has 2 N–H and O–H groups in total. The van der Waals surface area contributed by atoms with Gasteiger partial charge in [0, 0.05) is 6.54 Å². The second-order valence-corrected chi connectivity index (χ2v) is 6.34. The first-order valence-electron chi connectivity index (χ1n) is 8.43. The molecular weight excluding hydrogens is 330 g/mol. The number of nitrogens with zero attached hydrogens (tertiary/aromatic N) is 1. The lowest BCUT2D eigenvalue weighted by Crippen LogP contribution is -2.44. The topological polar surface area (TPSA) is 70.7 Å². The molecule has 0 fully saturated rings. The van der Waals surface area contributed by atoms with Gasteiger partial charge in [0.2, 0.25) is 0 Å². The molecule has 2 aliphatic rings. The first-order valence-corrected chi connectivity index (χ1v) is 8.43. The van der Waals surface area contributed by atoms with Gasteiger partial charge in [-0.05, 0) is 23.3 Å². The van der Waals surface area contributed by atoms with Crippen molar-refractivity contribution in [3.63, 3.8) is 0 Å². The minimum atomic E-state index is -0.460. The summed E-state index contributed by atoms with van der Waals surface area (Å²) in [5, 5.41) is 5.65. The van der Waals surface area contributed by atoms with Gasteiger partial charge in [0.1, 0.15) is 5.75 Å². The first kappa shape index (κ1) is 16.2. The average Bonchev–Trinajstić information content (AvgIpc) is 2.97. The average molecular weight is 349 g/mol. The number of rotatable bonds is 4. The van der Waals surface area contributed by atoms with Crippen molar-refractivity contribution < 1.29 is 14.3 Å². The molecule has 0 aliphatic carbocycles. The minimum Gasteiger partial charge on any atom is -0.497 e. The van der Waals surface area contributed by atoms with Gasteiger partial charge in [0.15, 0.2) is 0 Å². The van der Waals surface area contributed by atoms with Crippen molar-refractivity contribution in [3.8, 4) is 5.75 Å². The van der Waals surface area contributed by atoms with Crippen LogP contribution in [-0.4, -0.2) is 30.5 Å². The molecule has 3 amide bonds. The molecule has 0 unspecified atom stereocenters. The van der Waals surface area contributed by atoms with Gasteiger partial charge in [-0.3, -0.25) is 4.79 Å². The zero-order chi connectivity index (χ0) is 18.1. The van der Waals surface area contributed by atoms with E-state index in [4.69, 9.17) is 4.74 Å². The smallest absolute Gasteiger partial charge is 0.319 e. The number of hydrogen-bond donors (Lipinski definition) is 2. The van der Waals surface area contributed by atoms with Gasteiger partial charge in [-0.2, -0.15) is 0 Å². The molecule has 0 bridgehead atoms. The number of amides is 3. The number of ether oxygens (including phenoxy) is 1. The van der Waals surface area contributed by atoms with E-state index in [0.29, 0.717) is 24.4 Å². The van der Waals surface area contributed by atoms with E-state index < -0.39 is 6.04 Å². The van der Waals surface area contributed by atoms with E-state index in [2.05, 4.69) is 10.6 Å². The molecule has 0 saturated heterocycles. The van der Waals surface area contributed by atoms with Crippen LogP contribution in [0.3, 0.4) is 0 Å². The Balaban J connectivity index is 1.62. The number of carbonyl (C=O) groups is 2. The van der Waals surface area contributed by atoms with Crippen molar-refractivity contribution in [1.29, 1.82) is 0 Å². The zero-order valence-corrected chi connectivity index (χ0v) is 14.4. The molecule has 2 aromatic carbocycles. The van der Waals surface area contributed by atoms with Gasteiger partial charge in [-0.15, -0.1) is 0 Å². The van der Waals surface area contributed by atoms with E-state index in [0.717, 1.165) is 16.9 Å². The molecule has 0 spiro atoms. The second-order valence-electron chi connectivity index (χ2n) is 6.34. The summed E-state index contributed by atoms with van der Waals surface area (Å²) in [4.78, 5) is 26.8. The predicted octanol–water partition coefficient (Wildman–Crippen LogP) is 2.35. The highest BCUT2D eigenvalue weighted by Crippen LogP contribution is 2.33. The summed E-state index contributed by atoms with van der Waals surface area (Å²) in [6.45, 7) is 0.918. The summed E-state index contributed by atoms with van der Waals surface area (Å²) < 4.78 is 5.18. The lowest BCUT2D eigenvalue weighted by molar-refractivity contribution is -0.126. The predicted molar refractivity (Wildman–Crippen MR) is 96.3 cm³/mol. The Morgan fingerprint density at radius 3 is 2.50 bits per heavy atom. The third kappa shape index (κ3) is 2.90. The van der Waals surface area contributed by atoms with Crippen molar-refractivity contribution in [1.82, 2.24) is 15.5 Å². The molecule has 0 saturated carbocycles. The van der Waals surface area contributed by atoms with Crippen LogP contribution < -0.4 is 15.4 Å². The number of benzene rings is 2. The summed E-state index contributed by atoms with van der Waals surface area (Å²) in [5.74, 6) is 0.670. The van der Waals surface area contributed by atoms with Gasteiger partial charge in [-0.25, -0.2) is 4.79 Å². The maximum atomic E-state index is 13.0. The van der Waals surface area contributed by atoms with Crippen molar-refractivity contribution in [3.05, 3.63) is 77.0 Å². The molecule has 4 rings (SSSR count). The Hall–Kier alpha value is -3.28. The Bertz CT molecular complexity index is 875. The monoisotopic (exact) mass is 349 g/mol. The van der Waals surface area contributed by atoms with Crippen LogP contribution in [0.1, 0.15) is 17.2 Å². The second kappa shape index (κ2) is 6.55. The van der Waals surface area contributed by atoms with Crippen LogP contribution in [0.4, 0.5) is 4.79 Å². The van der Waals surface area contributed by atoms with Crippen molar-refractivity contribution in [2.45, 2.75) is 12.6 Å². The highest BCUT2D eigenvalue weighted by Gasteiger charge is 2.40. The molecule has 0 aromatic heterocycles. The van der Waals surface area contributed by atoms with E-state index >= 15 is 0 Å². The summed E-state index contributed by atoms with van der Waals surface area (Å²) in [6.07, 6.45) is 0. The Morgan fingerprint density at radius 2 is 1.81 bits per heavy atom.